The van der Waals surface area contributed by atoms with Crippen LogP contribution < -0.4 is 4.90 Å². The molecule has 2 heteroatoms. The molecular weight excluding hydrogens is 677 g/mol. The van der Waals surface area contributed by atoms with Crippen LogP contribution in [0.2, 0.25) is 0 Å². The maximum atomic E-state index is 2.67. The third-order valence-electron chi connectivity index (χ3n) is 13.9. The van der Waals surface area contributed by atoms with Crippen molar-refractivity contribution < 1.29 is 0 Å². The van der Waals surface area contributed by atoms with Gasteiger partial charge in [-0.1, -0.05) is 135 Å². The Morgan fingerprint density at radius 3 is 2.34 bits per heavy atom. The molecular formula is C54H54N2. The van der Waals surface area contributed by atoms with Crippen molar-refractivity contribution in [2.45, 2.75) is 96.1 Å². The molecule has 5 aromatic carbocycles. The normalized spacial score (nSPS) is 23.2. The number of hydrogen-bond acceptors (Lipinski definition) is 2. The van der Waals surface area contributed by atoms with E-state index < -0.39 is 0 Å². The number of fused-ring (bicyclic) bond motifs is 5. The van der Waals surface area contributed by atoms with Crippen LogP contribution in [0.15, 0.2) is 150 Å². The van der Waals surface area contributed by atoms with Gasteiger partial charge in [0.05, 0.1) is 0 Å². The summed E-state index contributed by atoms with van der Waals surface area (Å²) in [6.07, 6.45) is 24.0. The molecule has 5 aliphatic rings. The van der Waals surface area contributed by atoms with E-state index >= 15 is 0 Å². The highest BCUT2D eigenvalue weighted by Gasteiger charge is 2.46. The van der Waals surface area contributed by atoms with E-state index in [0.29, 0.717) is 17.9 Å². The molecule has 0 radical (unpaired) electrons. The van der Waals surface area contributed by atoms with Crippen molar-refractivity contribution in [3.8, 4) is 11.1 Å². The Bertz CT molecular complexity index is 2520. The Morgan fingerprint density at radius 2 is 1.48 bits per heavy atom. The molecule has 0 saturated carbocycles. The van der Waals surface area contributed by atoms with Crippen molar-refractivity contribution in [1.29, 1.82) is 0 Å². The van der Waals surface area contributed by atoms with E-state index in [9.17, 15) is 0 Å². The predicted molar refractivity (Wildman–Crippen MR) is 238 cm³/mol. The number of anilines is 2. The minimum atomic E-state index is 0.0365. The molecule has 0 amide bonds. The molecule has 0 N–H and O–H groups in total. The largest absolute Gasteiger partial charge is 0.338 e. The summed E-state index contributed by atoms with van der Waals surface area (Å²) in [5.41, 5.74) is 16.7. The average molecular weight is 731 g/mol. The van der Waals surface area contributed by atoms with Gasteiger partial charge in [0.15, 0.2) is 0 Å². The minimum absolute atomic E-state index is 0.0365. The monoisotopic (exact) mass is 730 g/mol. The fraction of sp³-hybridized carbons (Fsp3) is 0.296. The lowest BCUT2D eigenvalue weighted by atomic mass is 9.73. The minimum Gasteiger partial charge on any atom is -0.338 e. The maximum absolute atomic E-state index is 2.67. The number of rotatable bonds is 5. The summed E-state index contributed by atoms with van der Waals surface area (Å²) in [5, 5.41) is 2.61. The lowest BCUT2D eigenvalue weighted by molar-refractivity contribution is 0.185. The Balaban J connectivity index is 0.905. The second-order valence-electron chi connectivity index (χ2n) is 18.2. The van der Waals surface area contributed by atoms with Gasteiger partial charge in [0.25, 0.3) is 0 Å². The summed E-state index contributed by atoms with van der Waals surface area (Å²) >= 11 is 0. The number of para-hydroxylation sites is 1. The van der Waals surface area contributed by atoms with Crippen molar-refractivity contribution in [1.82, 2.24) is 4.90 Å². The molecule has 2 nitrogen and oxygen atoms in total. The zero-order valence-electron chi connectivity index (χ0n) is 33.7. The van der Waals surface area contributed by atoms with E-state index in [0.717, 1.165) is 12.8 Å². The van der Waals surface area contributed by atoms with Crippen LogP contribution >= 0.6 is 0 Å². The Kier molecular flexibility index (Phi) is 8.40. The maximum Gasteiger partial charge on any atom is 0.0493 e. The Morgan fingerprint density at radius 1 is 0.714 bits per heavy atom. The van der Waals surface area contributed by atoms with Crippen LogP contribution in [0.1, 0.15) is 100 Å². The molecule has 280 valence electrons. The molecule has 56 heavy (non-hydrogen) atoms. The van der Waals surface area contributed by atoms with Crippen molar-refractivity contribution >= 4 is 34.3 Å². The topological polar surface area (TPSA) is 6.48 Å². The van der Waals surface area contributed by atoms with Gasteiger partial charge < -0.3 is 9.80 Å². The summed E-state index contributed by atoms with van der Waals surface area (Å²) in [7, 11) is 0. The molecule has 0 bridgehead atoms. The molecule has 0 fully saturated rings. The highest BCUT2D eigenvalue weighted by atomic mass is 15.2. The molecule has 2 heterocycles. The van der Waals surface area contributed by atoms with Crippen LogP contribution in [-0.4, -0.2) is 16.5 Å². The Labute approximate surface area is 334 Å². The summed E-state index contributed by atoms with van der Waals surface area (Å²) in [5.74, 6) is 0.851. The first kappa shape index (κ1) is 35.1. The van der Waals surface area contributed by atoms with Gasteiger partial charge in [-0.3, -0.25) is 0 Å². The predicted octanol–water partition coefficient (Wildman–Crippen LogP) is 14.1. The first-order valence-corrected chi connectivity index (χ1v) is 21.1. The average Bonchev–Trinajstić information content (AvgIpc) is 3.44. The zero-order valence-corrected chi connectivity index (χ0v) is 33.7. The van der Waals surface area contributed by atoms with Gasteiger partial charge in [0.2, 0.25) is 0 Å². The fourth-order valence-electron chi connectivity index (χ4n) is 10.8. The van der Waals surface area contributed by atoms with E-state index in [-0.39, 0.29) is 11.0 Å². The van der Waals surface area contributed by atoms with E-state index in [1.165, 1.54) is 98.2 Å². The highest BCUT2D eigenvalue weighted by Crippen LogP contribution is 2.55. The fourth-order valence-corrected chi connectivity index (χ4v) is 10.8. The van der Waals surface area contributed by atoms with E-state index in [4.69, 9.17) is 0 Å². The zero-order chi connectivity index (χ0) is 38.2. The molecule has 3 unspecified atom stereocenters. The summed E-state index contributed by atoms with van der Waals surface area (Å²) < 4.78 is 0. The molecule has 3 aliphatic carbocycles. The standard InChI is InChI=1S/C54H54N2/c1-36-18-24-40-12-6-10-16-50(40)55(36)52-31-30-43(44-14-8-9-15-47(44)52)39-25-21-37(22-26-39)19-20-38-23-28-45-46-29-27-42(35-49(46)54(4,5)48(45)34-38)56-51-17-11-7-13-41(51)32-33-53(56,2)3/h6,8-12,14-17,19-23,25-31,34-36,46,49H,7,13,18,24,32-33H2,1-5H3/b20-19+. The quantitative estimate of drug-likeness (QED) is 0.166. The number of nitrogens with zero attached hydrogens (tertiary/aromatic N) is 2. The second kappa shape index (κ2) is 13.4. The van der Waals surface area contributed by atoms with Crippen molar-refractivity contribution in [2.24, 2.45) is 5.92 Å². The number of aryl methyl sites for hydroxylation is 1. The summed E-state index contributed by atoms with van der Waals surface area (Å²) in [6.45, 7) is 12.1. The number of benzene rings is 5. The van der Waals surface area contributed by atoms with Gasteiger partial charge in [-0.25, -0.2) is 0 Å². The summed E-state index contributed by atoms with van der Waals surface area (Å²) in [4.78, 5) is 5.23. The lowest BCUT2D eigenvalue weighted by Crippen LogP contribution is -2.46. The number of hydrogen-bond donors (Lipinski definition) is 0. The lowest BCUT2D eigenvalue weighted by Gasteiger charge is -2.48. The van der Waals surface area contributed by atoms with E-state index in [1.807, 2.05) is 0 Å². The third kappa shape index (κ3) is 5.75. The molecule has 0 spiro atoms. The van der Waals surface area contributed by atoms with Crippen LogP contribution in [0.25, 0.3) is 34.1 Å². The Hall–Kier alpha value is -5.34. The molecule has 0 saturated heterocycles. The van der Waals surface area contributed by atoms with Crippen molar-refractivity contribution in [3.63, 3.8) is 0 Å². The third-order valence-corrected chi connectivity index (χ3v) is 13.9. The van der Waals surface area contributed by atoms with Gasteiger partial charge in [0.1, 0.15) is 0 Å². The highest BCUT2D eigenvalue weighted by molar-refractivity contribution is 6.05. The van der Waals surface area contributed by atoms with Gasteiger partial charge >= 0.3 is 0 Å². The SMILES string of the molecule is CC1CCc2ccccc2N1c1ccc(-c2ccc(/C=C/c3ccc4c(c3)C(C)(C)C3C=C(N5C6=C(CCC=C6)CCC5(C)C)C=CC43)cc2)c2ccccc12. The molecule has 2 aliphatic heterocycles. The van der Waals surface area contributed by atoms with Crippen molar-refractivity contribution in [3.05, 3.63) is 178 Å². The van der Waals surface area contributed by atoms with E-state index in [1.54, 1.807) is 5.57 Å². The van der Waals surface area contributed by atoms with Crippen LogP contribution in [0.4, 0.5) is 11.4 Å². The van der Waals surface area contributed by atoms with Gasteiger partial charge in [0, 0.05) is 45.7 Å². The van der Waals surface area contributed by atoms with Gasteiger partial charge in [-0.2, -0.15) is 0 Å². The molecule has 10 rings (SSSR count). The van der Waals surface area contributed by atoms with Crippen LogP contribution in [0.5, 0.6) is 0 Å². The molecule has 0 aromatic heterocycles. The first-order valence-electron chi connectivity index (χ1n) is 21.1. The second-order valence-corrected chi connectivity index (χ2v) is 18.2. The van der Waals surface area contributed by atoms with Crippen LogP contribution in [0.3, 0.4) is 0 Å². The first-order chi connectivity index (χ1) is 27.2. The van der Waals surface area contributed by atoms with Crippen molar-refractivity contribution in [2.75, 3.05) is 4.90 Å². The number of allylic oxidation sites excluding steroid dienone is 6. The van der Waals surface area contributed by atoms with Gasteiger partial charge in [-0.15, -0.1) is 0 Å². The summed E-state index contributed by atoms with van der Waals surface area (Å²) in [6, 6.07) is 39.3. The smallest absolute Gasteiger partial charge is 0.0493 e. The molecule has 3 atom stereocenters. The van der Waals surface area contributed by atoms with E-state index in [2.05, 4.69) is 190 Å². The molecule has 5 aromatic rings. The van der Waals surface area contributed by atoms with Crippen LogP contribution in [-0.2, 0) is 11.8 Å². The van der Waals surface area contributed by atoms with Gasteiger partial charge in [-0.05, 0) is 145 Å². The van der Waals surface area contributed by atoms with Crippen LogP contribution in [0, 0.1) is 5.92 Å².